The fourth-order valence-electron chi connectivity index (χ4n) is 5.59. The summed E-state index contributed by atoms with van der Waals surface area (Å²) in [5.41, 5.74) is 3.03. The maximum absolute atomic E-state index is 13.3. The van der Waals surface area contributed by atoms with E-state index in [-0.39, 0.29) is 0 Å². The molecule has 2 aromatic heterocycles. The summed E-state index contributed by atoms with van der Waals surface area (Å²) >= 11 is 2.61. The van der Waals surface area contributed by atoms with Crippen LogP contribution in [0.2, 0.25) is 0 Å². The van der Waals surface area contributed by atoms with Gasteiger partial charge in [0.1, 0.15) is 10.7 Å². The molecule has 1 aliphatic heterocycles. The molecule has 0 amide bonds. The molecule has 4 aromatic carbocycles. The van der Waals surface area contributed by atoms with Gasteiger partial charge in [0.15, 0.2) is 5.01 Å². The summed E-state index contributed by atoms with van der Waals surface area (Å²) in [5.74, 6) is 0.399. The van der Waals surface area contributed by atoms with Crippen LogP contribution in [0.5, 0.6) is 0 Å². The van der Waals surface area contributed by atoms with Gasteiger partial charge in [-0.1, -0.05) is 72.0 Å². The van der Waals surface area contributed by atoms with Crippen LogP contribution in [-0.4, -0.2) is 31.7 Å². The summed E-state index contributed by atoms with van der Waals surface area (Å²) in [7, 11) is 0. The van der Waals surface area contributed by atoms with Crippen molar-refractivity contribution >= 4 is 44.6 Å². The van der Waals surface area contributed by atoms with E-state index in [1.807, 2.05) is 42.5 Å². The SMILES string of the molecule is N=C(SCC1=CCCC(c2cccc(C(F)(F)F)c2)=N1)c1ccc2ccc(-c3nnc(-c4cccc(-c5cccc(C(F)(F)F)c5)n4)s3)cc2c1. The zero-order chi connectivity index (χ0) is 35.8. The van der Waals surface area contributed by atoms with E-state index in [0.717, 1.165) is 40.6 Å². The van der Waals surface area contributed by atoms with Crippen LogP contribution >= 0.6 is 23.1 Å². The predicted molar refractivity (Wildman–Crippen MR) is 191 cm³/mol. The number of rotatable bonds is 7. The number of aliphatic imine (C=N–C) groups is 1. The van der Waals surface area contributed by atoms with E-state index in [4.69, 9.17) is 5.41 Å². The number of pyridine rings is 1. The molecule has 0 radical (unpaired) electrons. The van der Waals surface area contributed by atoms with Crippen LogP contribution in [0.3, 0.4) is 0 Å². The third kappa shape index (κ3) is 7.79. The smallest absolute Gasteiger partial charge is 0.293 e. The molecule has 0 aliphatic carbocycles. The number of hydrogen-bond acceptors (Lipinski definition) is 7. The summed E-state index contributed by atoms with van der Waals surface area (Å²) in [6.07, 6.45) is -5.74. The Morgan fingerprint density at radius 1 is 0.686 bits per heavy atom. The quantitative estimate of drug-likeness (QED) is 0.101. The molecule has 13 heteroatoms. The zero-order valence-electron chi connectivity index (χ0n) is 26.4. The van der Waals surface area contributed by atoms with Crippen LogP contribution in [0, 0.1) is 5.41 Å². The number of aromatic nitrogens is 3. The van der Waals surface area contributed by atoms with Crippen LogP contribution in [0.15, 0.2) is 120 Å². The Morgan fingerprint density at radius 3 is 2.12 bits per heavy atom. The van der Waals surface area contributed by atoms with Crippen LogP contribution in [-0.2, 0) is 12.4 Å². The molecular weight excluding hydrogens is 705 g/mol. The van der Waals surface area contributed by atoms with Crippen molar-refractivity contribution < 1.29 is 26.3 Å². The molecule has 0 atom stereocenters. The van der Waals surface area contributed by atoms with Crippen molar-refractivity contribution in [2.75, 3.05) is 5.75 Å². The number of hydrogen-bond donors (Lipinski definition) is 1. The normalized spacial score (nSPS) is 13.6. The molecule has 3 heterocycles. The van der Waals surface area contributed by atoms with Crippen molar-refractivity contribution in [1.29, 1.82) is 5.41 Å². The van der Waals surface area contributed by atoms with Gasteiger partial charge in [0.25, 0.3) is 0 Å². The Morgan fingerprint density at radius 2 is 1.35 bits per heavy atom. The third-order valence-corrected chi connectivity index (χ3v) is 10.1. The minimum absolute atomic E-state index is 0.328. The Bertz CT molecular complexity index is 2340. The Balaban J connectivity index is 1.06. The molecule has 0 unspecified atom stereocenters. The summed E-state index contributed by atoms with van der Waals surface area (Å²) in [5, 5.41) is 20.8. The number of nitrogens with one attached hydrogen (secondary N) is 1. The first-order chi connectivity index (χ1) is 24.4. The first kappa shape index (κ1) is 34.3. The molecule has 1 N–H and O–H groups in total. The van der Waals surface area contributed by atoms with Crippen molar-refractivity contribution in [2.45, 2.75) is 25.2 Å². The zero-order valence-corrected chi connectivity index (χ0v) is 28.0. The highest BCUT2D eigenvalue weighted by Crippen LogP contribution is 2.35. The highest BCUT2D eigenvalue weighted by Gasteiger charge is 2.31. The average Bonchev–Trinajstić information content (AvgIpc) is 3.64. The fraction of sp³-hybridized carbons (Fsp3) is 0.132. The summed E-state index contributed by atoms with van der Waals surface area (Å²) in [4.78, 5) is 9.20. The van der Waals surface area contributed by atoms with E-state index in [1.54, 1.807) is 30.3 Å². The largest absolute Gasteiger partial charge is 0.416 e. The highest BCUT2D eigenvalue weighted by molar-refractivity contribution is 8.14. The van der Waals surface area contributed by atoms with E-state index >= 15 is 0 Å². The van der Waals surface area contributed by atoms with Gasteiger partial charge >= 0.3 is 12.4 Å². The number of halogens is 6. The first-order valence-corrected chi connectivity index (χ1v) is 17.4. The highest BCUT2D eigenvalue weighted by atomic mass is 32.2. The second-order valence-electron chi connectivity index (χ2n) is 11.7. The first-order valence-electron chi connectivity index (χ1n) is 15.6. The molecular formula is C38H25F6N5S2. The number of alkyl halides is 6. The number of nitrogens with zero attached hydrogens (tertiary/aromatic N) is 4. The minimum atomic E-state index is -4.46. The summed E-state index contributed by atoms with van der Waals surface area (Å²) in [6, 6.07) is 26.9. The number of benzene rings is 4. The van der Waals surface area contributed by atoms with Crippen molar-refractivity contribution in [3.05, 3.63) is 137 Å². The van der Waals surface area contributed by atoms with Crippen LogP contribution in [0.4, 0.5) is 26.3 Å². The second-order valence-corrected chi connectivity index (χ2v) is 13.6. The average molecular weight is 730 g/mol. The molecule has 0 spiro atoms. The van der Waals surface area contributed by atoms with E-state index in [2.05, 4.69) is 20.2 Å². The molecule has 0 saturated carbocycles. The lowest BCUT2D eigenvalue weighted by molar-refractivity contribution is -0.138. The van der Waals surface area contributed by atoms with E-state index in [0.29, 0.717) is 73.1 Å². The van der Waals surface area contributed by atoms with Crippen LogP contribution in [0.25, 0.3) is 43.3 Å². The van der Waals surface area contributed by atoms with E-state index in [1.165, 1.54) is 35.2 Å². The Labute approximate surface area is 296 Å². The predicted octanol–water partition coefficient (Wildman–Crippen LogP) is 11.4. The molecule has 6 aromatic rings. The van der Waals surface area contributed by atoms with Crippen LogP contribution in [0.1, 0.15) is 35.1 Å². The van der Waals surface area contributed by atoms with Gasteiger partial charge in [0, 0.05) is 33.9 Å². The van der Waals surface area contributed by atoms with Gasteiger partial charge in [-0.05, 0) is 77.7 Å². The lowest BCUT2D eigenvalue weighted by Crippen LogP contribution is -2.10. The molecule has 0 saturated heterocycles. The summed E-state index contributed by atoms with van der Waals surface area (Å²) < 4.78 is 79.5. The maximum Gasteiger partial charge on any atom is 0.416 e. The fourth-order valence-corrected chi connectivity index (χ4v) is 7.17. The Kier molecular flexibility index (Phi) is 9.34. The standard InChI is InChI=1S/C38H25F6N5S2/c39-37(40,41)28-7-1-5-23(19-28)31-10-3-9-30(46-31)21-50-34(45)25-15-13-22-14-16-26(18-27(22)17-25)35-48-49-36(51-35)33-12-4-11-32(47-33)24-6-2-8-29(20-24)38(42,43)44/h1-2,4-9,11-20,45H,3,10,21H2. The molecule has 0 fully saturated rings. The van der Waals surface area contributed by atoms with Gasteiger partial charge in [-0.15, -0.1) is 22.0 Å². The van der Waals surface area contributed by atoms with Gasteiger partial charge in [-0.3, -0.25) is 10.4 Å². The van der Waals surface area contributed by atoms with Gasteiger partial charge in [-0.2, -0.15) is 26.3 Å². The van der Waals surface area contributed by atoms with Gasteiger partial charge in [0.2, 0.25) is 0 Å². The lowest BCUT2D eigenvalue weighted by Gasteiger charge is -2.15. The molecule has 0 bridgehead atoms. The van der Waals surface area contributed by atoms with E-state index < -0.39 is 23.5 Å². The minimum Gasteiger partial charge on any atom is -0.293 e. The number of fused-ring (bicyclic) bond motifs is 1. The van der Waals surface area contributed by atoms with Crippen molar-refractivity contribution in [1.82, 2.24) is 15.2 Å². The topological polar surface area (TPSA) is 74.9 Å². The molecule has 51 heavy (non-hydrogen) atoms. The third-order valence-electron chi connectivity index (χ3n) is 8.16. The van der Waals surface area contributed by atoms with Crippen molar-refractivity contribution in [3.8, 4) is 32.5 Å². The second kappa shape index (κ2) is 13.9. The maximum atomic E-state index is 13.3. The molecule has 5 nitrogen and oxygen atoms in total. The lowest BCUT2D eigenvalue weighted by atomic mass is 10.0. The Hall–Kier alpha value is -5.14. The number of allylic oxidation sites excluding steroid dienone is 1. The summed E-state index contributed by atoms with van der Waals surface area (Å²) in [6.45, 7) is 0. The van der Waals surface area contributed by atoms with Gasteiger partial charge in [0.05, 0.1) is 21.9 Å². The van der Waals surface area contributed by atoms with Crippen molar-refractivity contribution in [3.63, 3.8) is 0 Å². The monoisotopic (exact) mass is 729 g/mol. The van der Waals surface area contributed by atoms with E-state index in [9.17, 15) is 26.3 Å². The molecule has 7 rings (SSSR count). The van der Waals surface area contributed by atoms with Gasteiger partial charge < -0.3 is 0 Å². The molecule has 256 valence electrons. The number of thioether (sulfide) groups is 1. The van der Waals surface area contributed by atoms with Crippen LogP contribution < -0.4 is 0 Å². The van der Waals surface area contributed by atoms with Gasteiger partial charge in [-0.25, -0.2) is 4.98 Å². The van der Waals surface area contributed by atoms with Crippen molar-refractivity contribution in [2.24, 2.45) is 4.99 Å². The molecule has 1 aliphatic rings.